The molecule has 1 aliphatic heterocycles. The van der Waals surface area contributed by atoms with Gasteiger partial charge in [-0.3, -0.25) is 4.79 Å². The number of aromatic nitrogens is 2. The highest BCUT2D eigenvalue weighted by atomic mass is 35.5. The van der Waals surface area contributed by atoms with Gasteiger partial charge >= 0.3 is 0 Å². The SMILES string of the molecule is Cc1oc2nc(Nc3ccc(N4CCNCC4)cc3)ncc2c(=O)c1-c1ccccc1Cl. The topological polar surface area (TPSA) is 83.3 Å². The molecule has 1 fully saturated rings. The Hall–Kier alpha value is -3.42. The van der Waals surface area contributed by atoms with Crippen LogP contribution in [0, 0.1) is 6.92 Å². The molecule has 2 aromatic heterocycles. The lowest BCUT2D eigenvalue weighted by Gasteiger charge is -2.29. The number of nitrogens with zero attached hydrogens (tertiary/aromatic N) is 3. The highest BCUT2D eigenvalue weighted by Gasteiger charge is 2.17. The van der Waals surface area contributed by atoms with E-state index in [0.717, 1.165) is 31.9 Å². The molecule has 3 heterocycles. The van der Waals surface area contributed by atoms with Gasteiger partial charge < -0.3 is 20.0 Å². The van der Waals surface area contributed by atoms with E-state index in [-0.39, 0.29) is 11.1 Å². The van der Waals surface area contributed by atoms with E-state index in [9.17, 15) is 4.79 Å². The lowest BCUT2D eigenvalue weighted by molar-refractivity contribution is 0.555. The van der Waals surface area contributed by atoms with Crippen LogP contribution in [0.15, 0.2) is 63.9 Å². The second-order valence-electron chi connectivity index (χ2n) is 7.66. The van der Waals surface area contributed by atoms with E-state index in [1.54, 1.807) is 19.1 Å². The summed E-state index contributed by atoms with van der Waals surface area (Å²) in [5.74, 6) is 0.820. The maximum absolute atomic E-state index is 13.1. The first-order chi connectivity index (χ1) is 15.6. The first-order valence-corrected chi connectivity index (χ1v) is 10.9. The van der Waals surface area contributed by atoms with Gasteiger partial charge in [-0.1, -0.05) is 29.8 Å². The fraction of sp³-hybridized carbons (Fsp3) is 0.208. The first kappa shape index (κ1) is 20.5. The summed E-state index contributed by atoms with van der Waals surface area (Å²) in [7, 11) is 0. The number of fused-ring (bicyclic) bond motifs is 1. The van der Waals surface area contributed by atoms with Crippen LogP contribution in [-0.2, 0) is 0 Å². The van der Waals surface area contributed by atoms with Crippen molar-refractivity contribution in [1.29, 1.82) is 0 Å². The van der Waals surface area contributed by atoms with E-state index in [1.807, 2.05) is 24.3 Å². The standard InChI is InChI=1S/C24H22ClN5O2/c1-15-21(18-4-2-3-5-20(18)25)22(31)19-14-27-24(29-23(19)32-15)28-16-6-8-17(9-7-16)30-12-10-26-11-13-30/h2-9,14,26H,10-13H2,1H3,(H,27,28,29). The lowest BCUT2D eigenvalue weighted by Crippen LogP contribution is -2.43. The van der Waals surface area contributed by atoms with Gasteiger partial charge in [-0.15, -0.1) is 0 Å². The Morgan fingerprint density at radius 2 is 1.84 bits per heavy atom. The zero-order valence-corrected chi connectivity index (χ0v) is 18.3. The molecule has 5 rings (SSSR count). The van der Waals surface area contributed by atoms with E-state index in [1.165, 1.54) is 11.9 Å². The van der Waals surface area contributed by atoms with Crippen molar-refractivity contribution in [1.82, 2.24) is 15.3 Å². The van der Waals surface area contributed by atoms with E-state index >= 15 is 0 Å². The van der Waals surface area contributed by atoms with Crippen LogP contribution in [0.1, 0.15) is 5.76 Å². The summed E-state index contributed by atoms with van der Waals surface area (Å²) in [4.78, 5) is 24.2. The van der Waals surface area contributed by atoms with Crippen LogP contribution in [0.5, 0.6) is 0 Å². The number of aryl methyl sites for hydroxylation is 1. The number of halogens is 1. The summed E-state index contributed by atoms with van der Waals surface area (Å²) >= 11 is 6.30. The third-order valence-electron chi connectivity index (χ3n) is 5.58. The number of rotatable bonds is 4. The summed E-state index contributed by atoms with van der Waals surface area (Å²) in [6.07, 6.45) is 1.49. The molecule has 0 saturated carbocycles. The van der Waals surface area contributed by atoms with Crippen LogP contribution in [0.25, 0.3) is 22.2 Å². The van der Waals surface area contributed by atoms with Crippen molar-refractivity contribution < 1.29 is 4.42 Å². The zero-order chi connectivity index (χ0) is 22.1. The molecule has 2 aromatic carbocycles. The Morgan fingerprint density at radius 1 is 1.09 bits per heavy atom. The normalized spacial score (nSPS) is 14.0. The minimum absolute atomic E-state index is 0.205. The predicted octanol–water partition coefficient (Wildman–Crippen LogP) is 4.37. The van der Waals surface area contributed by atoms with Gasteiger partial charge in [0.1, 0.15) is 11.1 Å². The van der Waals surface area contributed by atoms with Gasteiger partial charge in [0.05, 0.1) is 5.56 Å². The fourth-order valence-corrected chi connectivity index (χ4v) is 4.16. The van der Waals surface area contributed by atoms with Gasteiger partial charge in [-0.25, -0.2) is 4.98 Å². The summed E-state index contributed by atoms with van der Waals surface area (Å²) in [5, 5.41) is 7.34. The molecular formula is C24H22ClN5O2. The van der Waals surface area contributed by atoms with Crippen LogP contribution in [0.2, 0.25) is 5.02 Å². The number of benzene rings is 2. The Balaban J connectivity index is 1.43. The van der Waals surface area contributed by atoms with Crippen LogP contribution >= 0.6 is 11.6 Å². The van der Waals surface area contributed by atoms with E-state index in [0.29, 0.717) is 33.2 Å². The molecular weight excluding hydrogens is 426 g/mol. The van der Waals surface area contributed by atoms with Crippen molar-refractivity contribution in [2.75, 3.05) is 36.4 Å². The number of hydrogen-bond acceptors (Lipinski definition) is 7. The quantitative estimate of drug-likeness (QED) is 0.480. The Kier molecular flexibility index (Phi) is 5.51. The van der Waals surface area contributed by atoms with Crippen molar-refractivity contribution in [3.05, 3.63) is 75.7 Å². The van der Waals surface area contributed by atoms with Crippen LogP contribution in [0.3, 0.4) is 0 Å². The second kappa shape index (κ2) is 8.61. The Labute approximate surface area is 190 Å². The molecule has 0 atom stereocenters. The van der Waals surface area contributed by atoms with Crippen LogP contribution < -0.4 is 21.0 Å². The van der Waals surface area contributed by atoms with E-state index < -0.39 is 0 Å². The molecule has 4 aromatic rings. The molecule has 0 radical (unpaired) electrons. The lowest BCUT2D eigenvalue weighted by atomic mass is 10.0. The molecule has 1 aliphatic rings. The van der Waals surface area contributed by atoms with Gasteiger partial charge in [-0.05, 0) is 37.3 Å². The molecule has 8 heteroatoms. The number of hydrogen-bond donors (Lipinski definition) is 2. The minimum atomic E-state index is -0.205. The second-order valence-corrected chi connectivity index (χ2v) is 8.07. The third kappa shape index (κ3) is 3.92. The molecule has 2 N–H and O–H groups in total. The molecule has 0 amide bonds. The van der Waals surface area contributed by atoms with Gasteiger partial charge in [0.25, 0.3) is 0 Å². The molecule has 32 heavy (non-hydrogen) atoms. The highest BCUT2D eigenvalue weighted by molar-refractivity contribution is 6.33. The molecule has 162 valence electrons. The zero-order valence-electron chi connectivity index (χ0n) is 17.6. The molecule has 0 aliphatic carbocycles. The van der Waals surface area contributed by atoms with E-state index in [2.05, 4.69) is 37.6 Å². The van der Waals surface area contributed by atoms with E-state index in [4.69, 9.17) is 16.0 Å². The van der Waals surface area contributed by atoms with Crippen molar-refractivity contribution >= 4 is 40.0 Å². The molecule has 0 bridgehead atoms. The average Bonchev–Trinajstić information content (AvgIpc) is 2.81. The highest BCUT2D eigenvalue weighted by Crippen LogP contribution is 2.29. The smallest absolute Gasteiger partial charge is 0.234 e. The van der Waals surface area contributed by atoms with Gasteiger partial charge in [0.2, 0.25) is 17.1 Å². The van der Waals surface area contributed by atoms with Crippen molar-refractivity contribution in [2.45, 2.75) is 6.92 Å². The third-order valence-corrected chi connectivity index (χ3v) is 5.91. The fourth-order valence-electron chi connectivity index (χ4n) is 3.93. The molecule has 0 unspecified atom stereocenters. The Morgan fingerprint density at radius 3 is 2.59 bits per heavy atom. The molecule has 0 spiro atoms. The monoisotopic (exact) mass is 447 g/mol. The number of piperazine rings is 1. The van der Waals surface area contributed by atoms with Crippen molar-refractivity contribution in [3.8, 4) is 11.1 Å². The van der Waals surface area contributed by atoms with Gasteiger partial charge in [-0.2, -0.15) is 4.98 Å². The minimum Gasteiger partial charge on any atom is -0.442 e. The number of anilines is 3. The Bertz CT molecular complexity index is 1330. The molecule has 7 nitrogen and oxygen atoms in total. The van der Waals surface area contributed by atoms with Crippen molar-refractivity contribution in [3.63, 3.8) is 0 Å². The maximum atomic E-state index is 13.1. The van der Waals surface area contributed by atoms with Crippen LogP contribution in [-0.4, -0.2) is 36.1 Å². The summed E-state index contributed by atoms with van der Waals surface area (Å²) in [5.41, 5.74) is 3.13. The maximum Gasteiger partial charge on any atom is 0.234 e. The molecule has 1 saturated heterocycles. The predicted molar refractivity (Wildman–Crippen MR) is 128 cm³/mol. The number of nitrogens with one attached hydrogen (secondary N) is 2. The van der Waals surface area contributed by atoms with Gasteiger partial charge in [0, 0.05) is 54.3 Å². The van der Waals surface area contributed by atoms with Gasteiger partial charge in [0.15, 0.2) is 0 Å². The van der Waals surface area contributed by atoms with Crippen molar-refractivity contribution in [2.24, 2.45) is 0 Å². The summed E-state index contributed by atoms with van der Waals surface area (Å²) in [6, 6.07) is 15.3. The summed E-state index contributed by atoms with van der Waals surface area (Å²) < 4.78 is 5.90. The first-order valence-electron chi connectivity index (χ1n) is 10.5. The summed E-state index contributed by atoms with van der Waals surface area (Å²) in [6.45, 7) is 5.72. The average molecular weight is 448 g/mol. The van der Waals surface area contributed by atoms with Crippen LogP contribution in [0.4, 0.5) is 17.3 Å². The largest absolute Gasteiger partial charge is 0.442 e.